The van der Waals surface area contributed by atoms with E-state index in [-0.39, 0.29) is 5.69 Å². The minimum Gasteiger partial charge on any atom is -0.345 e. The van der Waals surface area contributed by atoms with Crippen LogP contribution in [0, 0.1) is 0 Å². The van der Waals surface area contributed by atoms with Gasteiger partial charge in [0.05, 0.1) is 17.0 Å². The van der Waals surface area contributed by atoms with Gasteiger partial charge in [0, 0.05) is 17.7 Å². The van der Waals surface area contributed by atoms with Gasteiger partial charge in [-0.05, 0) is 40.2 Å². The summed E-state index contributed by atoms with van der Waals surface area (Å²) in [5.74, 6) is -1.57. The number of rotatable bonds is 5. The average molecular weight is 483 g/mol. The Bertz CT molecular complexity index is 1000. The zero-order chi connectivity index (χ0) is 21.1. The SMILES string of the molecule is Cn1cc(Br)cc1C(=O)NNC(=O)CNS(=O)(=O)c1cccc(C(F)(F)F)c1. The zero-order valence-corrected chi connectivity index (χ0v) is 16.6. The maximum absolute atomic E-state index is 12.7. The minimum atomic E-state index is -4.71. The predicted molar refractivity (Wildman–Crippen MR) is 95.4 cm³/mol. The van der Waals surface area contributed by atoms with Crippen LogP contribution in [0.3, 0.4) is 0 Å². The molecule has 0 aliphatic rings. The van der Waals surface area contributed by atoms with Gasteiger partial charge >= 0.3 is 6.18 Å². The highest BCUT2D eigenvalue weighted by Gasteiger charge is 2.31. The predicted octanol–water partition coefficient (Wildman–Crippen LogP) is 1.55. The summed E-state index contributed by atoms with van der Waals surface area (Å²) in [5.41, 5.74) is 3.18. The first-order chi connectivity index (χ1) is 12.9. The van der Waals surface area contributed by atoms with E-state index < -0.39 is 45.0 Å². The van der Waals surface area contributed by atoms with Crippen molar-refractivity contribution < 1.29 is 31.2 Å². The van der Waals surface area contributed by atoms with Gasteiger partial charge in [-0.3, -0.25) is 20.4 Å². The second kappa shape index (κ2) is 8.32. The summed E-state index contributed by atoms with van der Waals surface area (Å²) in [6.45, 7) is -0.796. The van der Waals surface area contributed by atoms with Gasteiger partial charge < -0.3 is 4.57 Å². The van der Waals surface area contributed by atoms with Gasteiger partial charge in [-0.25, -0.2) is 13.1 Å². The summed E-state index contributed by atoms with van der Waals surface area (Å²) in [5, 5.41) is 0. The quantitative estimate of drug-likeness (QED) is 0.561. The van der Waals surface area contributed by atoms with Crippen molar-refractivity contribution in [2.45, 2.75) is 11.1 Å². The monoisotopic (exact) mass is 482 g/mol. The number of aryl methyl sites for hydroxylation is 1. The van der Waals surface area contributed by atoms with E-state index in [1.165, 1.54) is 10.6 Å². The zero-order valence-electron chi connectivity index (χ0n) is 14.2. The van der Waals surface area contributed by atoms with Crippen molar-refractivity contribution in [1.29, 1.82) is 0 Å². The van der Waals surface area contributed by atoms with Crippen LogP contribution in [0.4, 0.5) is 13.2 Å². The fraction of sp³-hybridized carbons (Fsp3) is 0.200. The van der Waals surface area contributed by atoms with E-state index in [9.17, 15) is 31.2 Å². The molecule has 13 heteroatoms. The molecule has 0 aliphatic carbocycles. The van der Waals surface area contributed by atoms with Crippen LogP contribution in [-0.4, -0.2) is 31.3 Å². The van der Waals surface area contributed by atoms with Crippen molar-refractivity contribution in [3.8, 4) is 0 Å². The third-order valence-electron chi connectivity index (χ3n) is 3.41. The van der Waals surface area contributed by atoms with Crippen molar-refractivity contribution in [3.05, 3.63) is 52.3 Å². The second-order valence-electron chi connectivity index (χ2n) is 5.51. The van der Waals surface area contributed by atoms with Crippen LogP contribution >= 0.6 is 15.9 Å². The Morgan fingerprint density at radius 2 is 1.86 bits per heavy atom. The third-order valence-corrected chi connectivity index (χ3v) is 5.25. The fourth-order valence-corrected chi connectivity index (χ4v) is 3.62. The van der Waals surface area contributed by atoms with Crippen molar-refractivity contribution >= 4 is 37.8 Å². The van der Waals surface area contributed by atoms with Gasteiger partial charge in [0.15, 0.2) is 0 Å². The lowest BCUT2D eigenvalue weighted by Gasteiger charge is -2.11. The lowest BCUT2D eigenvalue weighted by atomic mass is 10.2. The topological polar surface area (TPSA) is 109 Å². The lowest BCUT2D eigenvalue weighted by Crippen LogP contribution is -2.46. The van der Waals surface area contributed by atoms with Gasteiger partial charge in [0.25, 0.3) is 11.8 Å². The summed E-state index contributed by atoms with van der Waals surface area (Å²) >= 11 is 3.18. The van der Waals surface area contributed by atoms with Crippen molar-refractivity contribution in [3.63, 3.8) is 0 Å². The summed E-state index contributed by atoms with van der Waals surface area (Å²) in [4.78, 5) is 23.0. The van der Waals surface area contributed by atoms with Gasteiger partial charge in [-0.1, -0.05) is 6.07 Å². The highest BCUT2D eigenvalue weighted by molar-refractivity contribution is 9.10. The maximum Gasteiger partial charge on any atom is 0.416 e. The molecule has 1 heterocycles. The molecule has 1 aromatic heterocycles. The Kier molecular flexibility index (Phi) is 6.52. The molecule has 3 N–H and O–H groups in total. The number of carbonyl (C=O) groups is 2. The number of hydrazine groups is 1. The molecule has 2 rings (SSSR count). The molecule has 0 fully saturated rings. The molecule has 0 spiro atoms. The van der Waals surface area contributed by atoms with Gasteiger partial charge in [-0.15, -0.1) is 0 Å². The molecule has 2 aromatic rings. The smallest absolute Gasteiger partial charge is 0.345 e. The average Bonchev–Trinajstić information content (AvgIpc) is 2.95. The number of hydrogen-bond donors (Lipinski definition) is 3. The van der Waals surface area contributed by atoms with Crippen molar-refractivity contribution in [1.82, 2.24) is 20.1 Å². The second-order valence-corrected chi connectivity index (χ2v) is 8.19. The number of halogens is 4. The molecule has 0 saturated carbocycles. The highest BCUT2D eigenvalue weighted by Crippen LogP contribution is 2.30. The third kappa shape index (κ3) is 5.56. The molecular weight excluding hydrogens is 469 g/mol. The number of carbonyl (C=O) groups excluding carboxylic acids is 2. The first-order valence-electron chi connectivity index (χ1n) is 7.48. The van der Waals surface area contributed by atoms with Crippen LogP contribution in [0.25, 0.3) is 0 Å². The van der Waals surface area contributed by atoms with Crippen LogP contribution in [0.1, 0.15) is 16.1 Å². The number of nitrogens with zero attached hydrogens (tertiary/aromatic N) is 1. The number of benzene rings is 1. The number of alkyl halides is 3. The molecule has 28 heavy (non-hydrogen) atoms. The largest absolute Gasteiger partial charge is 0.416 e. The van der Waals surface area contributed by atoms with Crippen molar-refractivity contribution in [2.75, 3.05) is 6.54 Å². The summed E-state index contributed by atoms with van der Waals surface area (Å²) in [6.07, 6.45) is -3.10. The van der Waals surface area contributed by atoms with Crippen LogP contribution in [0.15, 0.2) is 45.9 Å². The Morgan fingerprint density at radius 3 is 2.43 bits per heavy atom. The van der Waals surface area contributed by atoms with E-state index >= 15 is 0 Å². The summed E-state index contributed by atoms with van der Waals surface area (Å²) in [7, 11) is -2.76. The molecule has 0 saturated heterocycles. The first-order valence-corrected chi connectivity index (χ1v) is 9.76. The molecule has 0 aliphatic heterocycles. The highest BCUT2D eigenvalue weighted by atomic mass is 79.9. The molecule has 0 unspecified atom stereocenters. The standard InChI is InChI=1S/C15H14BrF3N4O4S/c1-23-8-10(16)6-12(23)14(25)22-21-13(24)7-20-28(26,27)11-4-2-3-9(5-11)15(17,18)19/h2-6,8,20H,7H2,1H3,(H,21,24)(H,22,25). The van der Waals surface area contributed by atoms with E-state index in [2.05, 4.69) is 21.4 Å². The Labute approximate surface area is 166 Å². The maximum atomic E-state index is 12.7. The molecule has 0 atom stereocenters. The van der Waals surface area contributed by atoms with Crippen LogP contribution in [0.2, 0.25) is 0 Å². The Morgan fingerprint density at radius 1 is 1.18 bits per heavy atom. The van der Waals surface area contributed by atoms with E-state index in [1.807, 2.05) is 10.1 Å². The first kappa shape index (κ1) is 21.9. The summed E-state index contributed by atoms with van der Waals surface area (Å²) < 4.78 is 66.2. The van der Waals surface area contributed by atoms with E-state index in [0.717, 1.165) is 18.2 Å². The van der Waals surface area contributed by atoms with Crippen molar-refractivity contribution in [2.24, 2.45) is 7.05 Å². The normalized spacial score (nSPS) is 11.9. The summed E-state index contributed by atoms with van der Waals surface area (Å²) in [6, 6.07) is 4.58. The molecule has 8 nitrogen and oxygen atoms in total. The van der Waals surface area contributed by atoms with E-state index in [0.29, 0.717) is 10.5 Å². The Hall–Kier alpha value is -2.38. The number of hydrogen-bond acceptors (Lipinski definition) is 4. The molecular formula is C15H14BrF3N4O4S. The van der Waals surface area contributed by atoms with E-state index in [4.69, 9.17) is 0 Å². The minimum absolute atomic E-state index is 0.219. The molecule has 2 amide bonds. The van der Waals surface area contributed by atoms with Crippen LogP contribution in [0.5, 0.6) is 0 Å². The van der Waals surface area contributed by atoms with Crippen LogP contribution in [-0.2, 0) is 28.0 Å². The Balaban J connectivity index is 1.94. The van der Waals surface area contributed by atoms with Crippen LogP contribution < -0.4 is 15.6 Å². The van der Waals surface area contributed by atoms with E-state index in [1.54, 1.807) is 13.2 Å². The van der Waals surface area contributed by atoms with Gasteiger partial charge in [0.1, 0.15) is 5.69 Å². The number of sulfonamides is 1. The molecule has 152 valence electrons. The molecule has 1 aromatic carbocycles. The lowest BCUT2D eigenvalue weighted by molar-refractivity contribution is -0.137. The fourth-order valence-electron chi connectivity index (χ4n) is 2.07. The number of nitrogens with one attached hydrogen (secondary N) is 3. The molecule has 0 bridgehead atoms. The number of amides is 2. The van der Waals surface area contributed by atoms with Gasteiger partial charge in [-0.2, -0.15) is 13.2 Å². The van der Waals surface area contributed by atoms with Gasteiger partial charge in [0.2, 0.25) is 10.0 Å². The molecule has 0 radical (unpaired) electrons. The number of aromatic nitrogens is 1.